The van der Waals surface area contributed by atoms with Crippen LogP contribution < -0.4 is 0 Å². The van der Waals surface area contributed by atoms with Crippen LogP contribution in [0.1, 0.15) is 24.8 Å². The number of nitrogens with zero attached hydrogens (tertiary/aromatic N) is 5. The summed E-state index contributed by atoms with van der Waals surface area (Å²) in [7, 11) is 0. The molecule has 1 fully saturated rings. The Kier molecular flexibility index (Phi) is 5.06. The molecule has 0 radical (unpaired) electrons. The summed E-state index contributed by atoms with van der Waals surface area (Å²) in [5, 5.41) is 14.8. The summed E-state index contributed by atoms with van der Waals surface area (Å²) < 4.78 is 0. The van der Waals surface area contributed by atoms with Crippen LogP contribution in [-0.4, -0.2) is 43.6 Å². The lowest BCUT2D eigenvalue weighted by molar-refractivity contribution is -0.132. The minimum atomic E-state index is 0.156. The first-order chi connectivity index (χ1) is 12.8. The Morgan fingerprint density at radius 1 is 1.19 bits per heavy atom. The molecule has 3 aromatic rings. The molecule has 134 valence electrons. The van der Waals surface area contributed by atoms with E-state index in [1.54, 1.807) is 16.1 Å². The fourth-order valence-corrected chi connectivity index (χ4v) is 4.05. The first-order valence-corrected chi connectivity index (χ1v) is 9.82. The Morgan fingerprint density at radius 3 is 2.88 bits per heavy atom. The van der Waals surface area contributed by atoms with E-state index in [9.17, 15) is 4.79 Å². The van der Waals surface area contributed by atoms with Crippen molar-refractivity contribution in [3.05, 3.63) is 53.4 Å². The molecule has 1 aliphatic heterocycles. The zero-order valence-corrected chi connectivity index (χ0v) is 15.3. The molecule has 1 aromatic carbocycles. The number of aryl methyl sites for hydroxylation is 1. The number of carbonyl (C=O) groups excluding carboxylic acids is 1. The van der Waals surface area contributed by atoms with Gasteiger partial charge in [0.2, 0.25) is 11.7 Å². The molecule has 1 amide bonds. The van der Waals surface area contributed by atoms with Crippen LogP contribution in [0.15, 0.2) is 47.8 Å². The van der Waals surface area contributed by atoms with Gasteiger partial charge in [-0.1, -0.05) is 36.4 Å². The second-order valence-electron chi connectivity index (χ2n) is 6.51. The van der Waals surface area contributed by atoms with Crippen LogP contribution in [-0.2, 0) is 17.8 Å². The number of rotatable bonds is 6. The van der Waals surface area contributed by atoms with Crippen LogP contribution in [0.25, 0.3) is 10.7 Å². The van der Waals surface area contributed by atoms with Crippen LogP contribution >= 0.6 is 11.3 Å². The molecule has 6 nitrogen and oxygen atoms in total. The SMILES string of the molecule is O=C(CCc1ccccc1)N1CCC[C@@H]1Cn1nnc(-c2cccs2)n1. The lowest BCUT2D eigenvalue weighted by Crippen LogP contribution is -2.38. The van der Waals surface area contributed by atoms with Gasteiger partial charge >= 0.3 is 0 Å². The van der Waals surface area contributed by atoms with E-state index >= 15 is 0 Å². The third-order valence-electron chi connectivity index (χ3n) is 4.74. The molecule has 26 heavy (non-hydrogen) atoms. The van der Waals surface area contributed by atoms with Crippen molar-refractivity contribution < 1.29 is 4.79 Å². The maximum absolute atomic E-state index is 12.7. The van der Waals surface area contributed by atoms with E-state index in [-0.39, 0.29) is 11.9 Å². The van der Waals surface area contributed by atoms with E-state index in [1.165, 1.54) is 5.56 Å². The van der Waals surface area contributed by atoms with E-state index in [0.29, 0.717) is 18.8 Å². The summed E-state index contributed by atoms with van der Waals surface area (Å²) in [5.41, 5.74) is 1.20. The predicted octanol–water partition coefficient (Wildman–Crippen LogP) is 3.03. The summed E-state index contributed by atoms with van der Waals surface area (Å²) in [5.74, 6) is 0.870. The minimum absolute atomic E-state index is 0.156. The zero-order chi connectivity index (χ0) is 17.8. The van der Waals surface area contributed by atoms with Gasteiger partial charge in [0.15, 0.2) is 0 Å². The first-order valence-electron chi connectivity index (χ1n) is 8.95. The van der Waals surface area contributed by atoms with Gasteiger partial charge in [0.25, 0.3) is 0 Å². The quantitative estimate of drug-likeness (QED) is 0.672. The van der Waals surface area contributed by atoms with E-state index in [2.05, 4.69) is 27.5 Å². The average Bonchev–Trinajstić information content (AvgIpc) is 3.42. The molecular weight excluding hydrogens is 346 g/mol. The minimum Gasteiger partial charge on any atom is -0.338 e. The molecule has 0 saturated carbocycles. The van der Waals surface area contributed by atoms with Crippen LogP contribution in [0.5, 0.6) is 0 Å². The number of hydrogen-bond acceptors (Lipinski definition) is 5. The van der Waals surface area contributed by atoms with Crippen LogP contribution in [0.4, 0.5) is 0 Å². The van der Waals surface area contributed by atoms with Crippen molar-refractivity contribution in [1.29, 1.82) is 0 Å². The summed E-state index contributed by atoms with van der Waals surface area (Å²) in [4.78, 5) is 17.3. The highest BCUT2D eigenvalue weighted by Gasteiger charge is 2.29. The van der Waals surface area contributed by atoms with Crippen molar-refractivity contribution in [3.63, 3.8) is 0 Å². The number of hydrogen-bond donors (Lipinski definition) is 0. The monoisotopic (exact) mass is 367 g/mol. The molecule has 3 heterocycles. The molecular formula is C19H21N5OS. The molecule has 1 saturated heterocycles. The second-order valence-corrected chi connectivity index (χ2v) is 7.46. The lowest BCUT2D eigenvalue weighted by atomic mass is 10.1. The van der Waals surface area contributed by atoms with Crippen LogP contribution in [0.3, 0.4) is 0 Å². The van der Waals surface area contributed by atoms with Gasteiger partial charge in [0.1, 0.15) is 0 Å². The Hall–Kier alpha value is -2.54. The molecule has 1 atom stereocenters. The van der Waals surface area contributed by atoms with Gasteiger partial charge in [0, 0.05) is 13.0 Å². The third kappa shape index (κ3) is 3.83. The molecule has 0 bridgehead atoms. The van der Waals surface area contributed by atoms with Gasteiger partial charge in [-0.15, -0.1) is 21.5 Å². The van der Waals surface area contributed by atoms with E-state index in [0.717, 1.165) is 30.7 Å². The number of benzene rings is 1. The highest BCUT2D eigenvalue weighted by molar-refractivity contribution is 7.13. The fraction of sp³-hybridized carbons (Fsp3) is 0.368. The third-order valence-corrected chi connectivity index (χ3v) is 5.60. The topological polar surface area (TPSA) is 63.9 Å². The van der Waals surface area contributed by atoms with Gasteiger partial charge in [0.05, 0.1) is 17.5 Å². The number of carbonyl (C=O) groups is 1. The number of thiophene rings is 1. The Bertz CT molecular complexity index is 846. The van der Waals surface area contributed by atoms with Crippen molar-refractivity contribution >= 4 is 17.2 Å². The largest absolute Gasteiger partial charge is 0.338 e. The summed E-state index contributed by atoms with van der Waals surface area (Å²) in [6.07, 6.45) is 3.36. The molecule has 7 heteroatoms. The number of likely N-dealkylation sites (tertiary alicyclic amines) is 1. The van der Waals surface area contributed by atoms with Crippen molar-refractivity contribution in [2.75, 3.05) is 6.54 Å². The van der Waals surface area contributed by atoms with E-state index in [1.807, 2.05) is 40.6 Å². The summed E-state index contributed by atoms with van der Waals surface area (Å²) in [6, 6.07) is 14.3. The predicted molar refractivity (Wildman–Crippen MR) is 101 cm³/mol. The number of tetrazole rings is 1. The number of amides is 1. The van der Waals surface area contributed by atoms with Gasteiger partial charge < -0.3 is 4.90 Å². The smallest absolute Gasteiger partial charge is 0.223 e. The van der Waals surface area contributed by atoms with Gasteiger partial charge in [-0.3, -0.25) is 4.79 Å². The van der Waals surface area contributed by atoms with E-state index < -0.39 is 0 Å². The van der Waals surface area contributed by atoms with Gasteiger partial charge in [-0.2, -0.15) is 4.80 Å². The highest BCUT2D eigenvalue weighted by Crippen LogP contribution is 2.22. The van der Waals surface area contributed by atoms with Crippen molar-refractivity contribution in [2.24, 2.45) is 0 Å². The Labute approximate surface area is 156 Å². The Morgan fingerprint density at radius 2 is 2.08 bits per heavy atom. The van der Waals surface area contributed by atoms with Crippen molar-refractivity contribution in [3.8, 4) is 10.7 Å². The lowest BCUT2D eigenvalue weighted by Gasteiger charge is -2.24. The molecule has 4 rings (SSSR count). The highest BCUT2D eigenvalue weighted by atomic mass is 32.1. The van der Waals surface area contributed by atoms with Crippen molar-refractivity contribution in [2.45, 2.75) is 38.3 Å². The van der Waals surface area contributed by atoms with E-state index in [4.69, 9.17) is 0 Å². The van der Waals surface area contributed by atoms with Crippen LogP contribution in [0, 0.1) is 0 Å². The van der Waals surface area contributed by atoms with Gasteiger partial charge in [-0.25, -0.2) is 0 Å². The maximum atomic E-state index is 12.7. The van der Waals surface area contributed by atoms with Crippen LogP contribution in [0.2, 0.25) is 0 Å². The molecule has 2 aromatic heterocycles. The number of aromatic nitrogens is 4. The summed E-state index contributed by atoms with van der Waals surface area (Å²) >= 11 is 1.60. The zero-order valence-electron chi connectivity index (χ0n) is 14.5. The second kappa shape index (κ2) is 7.78. The standard InChI is InChI=1S/C19H21N5OS/c25-18(11-10-15-6-2-1-3-7-15)23-12-4-8-16(23)14-24-21-19(20-22-24)17-9-5-13-26-17/h1-3,5-7,9,13,16H,4,8,10-12,14H2/t16-/m1/s1. The summed E-state index contributed by atoms with van der Waals surface area (Å²) in [6.45, 7) is 1.43. The maximum Gasteiger partial charge on any atom is 0.223 e. The first kappa shape index (κ1) is 16.9. The fourth-order valence-electron chi connectivity index (χ4n) is 3.41. The normalized spacial score (nSPS) is 16.9. The average molecular weight is 367 g/mol. The molecule has 0 spiro atoms. The Balaban J connectivity index is 1.36. The molecule has 1 aliphatic rings. The van der Waals surface area contributed by atoms with Gasteiger partial charge in [-0.05, 0) is 41.5 Å². The molecule has 0 N–H and O–H groups in total. The van der Waals surface area contributed by atoms with Crippen molar-refractivity contribution in [1.82, 2.24) is 25.1 Å². The molecule has 0 unspecified atom stereocenters. The molecule has 0 aliphatic carbocycles.